The van der Waals surface area contributed by atoms with Crippen LogP contribution in [0.1, 0.15) is 32.4 Å². The number of likely N-dealkylation sites (tertiary alicyclic amines) is 1. The molecule has 0 radical (unpaired) electrons. The summed E-state index contributed by atoms with van der Waals surface area (Å²) in [6, 6.07) is 2.49. The maximum Gasteiger partial charge on any atom is 0.327 e. The largest absolute Gasteiger partial charge is 0.480 e. The first kappa shape index (κ1) is 15.4. The lowest BCUT2D eigenvalue weighted by molar-refractivity contribution is -0.148. The Labute approximate surface area is 124 Å². The lowest BCUT2D eigenvalue weighted by atomic mass is 9.76. The lowest BCUT2D eigenvalue weighted by Crippen LogP contribution is -2.58. The Morgan fingerprint density at radius 2 is 2.24 bits per heavy atom. The second kappa shape index (κ2) is 5.79. The smallest absolute Gasteiger partial charge is 0.327 e. The molecule has 1 saturated heterocycles. The first-order chi connectivity index (χ1) is 9.83. The number of carbonyl (C=O) groups is 2. The van der Waals surface area contributed by atoms with Crippen molar-refractivity contribution >= 4 is 12.0 Å². The predicted molar refractivity (Wildman–Crippen MR) is 76.7 cm³/mol. The summed E-state index contributed by atoms with van der Waals surface area (Å²) in [4.78, 5) is 27.1. The van der Waals surface area contributed by atoms with E-state index in [0.717, 1.165) is 12.8 Å². The van der Waals surface area contributed by atoms with Crippen LogP contribution in [0, 0.1) is 5.41 Å². The fraction of sp³-hybridized carbons (Fsp3) is 0.600. The SMILES string of the molecule is CN(Cc1ccco1)C(=O)N1CCCC(C)(C)C1C(=O)O. The summed E-state index contributed by atoms with van der Waals surface area (Å²) in [5.41, 5.74) is -0.425. The highest BCUT2D eigenvalue weighted by molar-refractivity contribution is 5.83. The summed E-state index contributed by atoms with van der Waals surface area (Å²) in [6.07, 6.45) is 3.17. The summed E-state index contributed by atoms with van der Waals surface area (Å²) < 4.78 is 5.23. The monoisotopic (exact) mass is 294 g/mol. The quantitative estimate of drug-likeness (QED) is 0.929. The van der Waals surface area contributed by atoms with Gasteiger partial charge >= 0.3 is 12.0 Å². The Bertz CT molecular complexity index is 510. The highest BCUT2D eigenvalue weighted by atomic mass is 16.4. The van der Waals surface area contributed by atoms with E-state index in [0.29, 0.717) is 18.8 Å². The molecule has 21 heavy (non-hydrogen) atoms. The van der Waals surface area contributed by atoms with Crippen molar-refractivity contribution in [3.05, 3.63) is 24.2 Å². The van der Waals surface area contributed by atoms with E-state index in [-0.39, 0.29) is 6.03 Å². The molecular formula is C15H22N2O4. The number of hydrogen-bond donors (Lipinski definition) is 1. The molecule has 1 N–H and O–H groups in total. The topological polar surface area (TPSA) is 74.0 Å². The van der Waals surface area contributed by atoms with Crippen molar-refractivity contribution in [2.24, 2.45) is 5.41 Å². The van der Waals surface area contributed by atoms with E-state index in [2.05, 4.69) is 0 Å². The molecule has 6 heteroatoms. The average Bonchev–Trinajstić information content (AvgIpc) is 2.88. The molecule has 0 spiro atoms. The lowest BCUT2D eigenvalue weighted by Gasteiger charge is -2.44. The second-order valence-corrected chi connectivity index (χ2v) is 6.24. The van der Waals surface area contributed by atoms with Crippen LogP contribution in [0.15, 0.2) is 22.8 Å². The molecule has 0 saturated carbocycles. The van der Waals surface area contributed by atoms with Gasteiger partial charge in [0.15, 0.2) is 0 Å². The zero-order valence-corrected chi connectivity index (χ0v) is 12.7. The first-order valence-corrected chi connectivity index (χ1v) is 7.10. The van der Waals surface area contributed by atoms with E-state index < -0.39 is 17.4 Å². The summed E-state index contributed by atoms with van der Waals surface area (Å²) in [7, 11) is 1.66. The third-order valence-corrected chi connectivity index (χ3v) is 4.05. The van der Waals surface area contributed by atoms with Crippen LogP contribution in [0.2, 0.25) is 0 Å². The van der Waals surface area contributed by atoms with Gasteiger partial charge in [-0.2, -0.15) is 0 Å². The number of rotatable bonds is 3. The molecule has 1 fully saturated rings. The standard InChI is InChI=1S/C15H22N2O4/c1-15(2)7-5-8-17(12(15)13(18)19)14(20)16(3)10-11-6-4-9-21-11/h4,6,9,12H,5,7-8,10H2,1-3H3,(H,18,19). The summed E-state index contributed by atoms with van der Waals surface area (Å²) in [5, 5.41) is 9.50. The highest BCUT2D eigenvalue weighted by Gasteiger charge is 2.45. The number of carboxylic acids is 1. The Morgan fingerprint density at radius 3 is 2.81 bits per heavy atom. The number of urea groups is 1. The highest BCUT2D eigenvalue weighted by Crippen LogP contribution is 2.35. The van der Waals surface area contributed by atoms with Gasteiger partial charge in [0.1, 0.15) is 11.8 Å². The van der Waals surface area contributed by atoms with Crippen molar-refractivity contribution in [2.75, 3.05) is 13.6 Å². The molecule has 1 aromatic heterocycles. The van der Waals surface area contributed by atoms with Gasteiger partial charge in [0, 0.05) is 13.6 Å². The van der Waals surface area contributed by atoms with Crippen LogP contribution >= 0.6 is 0 Å². The van der Waals surface area contributed by atoms with E-state index in [4.69, 9.17) is 4.42 Å². The number of carboxylic acid groups (broad SMARTS) is 1. The van der Waals surface area contributed by atoms with Gasteiger partial charge in [-0.1, -0.05) is 13.8 Å². The Hall–Kier alpha value is -1.98. The fourth-order valence-corrected chi connectivity index (χ4v) is 2.99. The van der Waals surface area contributed by atoms with Gasteiger partial charge in [0.05, 0.1) is 12.8 Å². The normalized spacial score (nSPS) is 21.1. The molecule has 1 unspecified atom stereocenters. The van der Waals surface area contributed by atoms with E-state index in [9.17, 15) is 14.7 Å². The van der Waals surface area contributed by atoms with Crippen molar-refractivity contribution in [2.45, 2.75) is 39.3 Å². The minimum absolute atomic E-state index is 0.272. The molecule has 2 rings (SSSR count). The molecule has 116 valence electrons. The van der Waals surface area contributed by atoms with Crippen LogP contribution in [-0.4, -0.2) is 46.5 Å². The number of piperidine rings is 1. The van der Waals surface area contributed by atoms with Crippen LogP contribution in [0.3, 0.4) is 0 Å². The van der Waals surface area contributed by atoms with Gasteiger partial charge in [-0.05, 0) is 30.4 Å². The average molecular weight is 294 g/mol. The zero-order valence-electron chi connectivity index (χ0n) is 12.7. The number of carbonyl (C=O) groups excluding carboxylic acids is 1. The Balaban J connectivity index is 2.14. The third kappa shape index (κ3) is 3.20. The van der Waals surface area contributed by atoms with Crippen molar-refractivity contribution in [1.29, 1.82) is 0 Å². The van der Waals surface area contributed by atoms with Crippen molar-refractivity contribution in [1.82, 2.24) is 9.80 Å². The van der Waals surface area contributed by atoms with Crippen molar-refractivity contribution in [3.8, 4) is 0 Å². The van der Waals surface area contributed by atoms with E-state index in [1.165, 1.54) is 9.80 Å². The van der Waals surface area contributed by atoms with Gasteiger partial charge < -0.3 is 19.3 Å². The Kier molecular flexibility index (Phi) is 4.25. The number of furan rings is 1. The minimum Gasteiger partial charge on any atom is -0.480 e. The minimum atomic E-state index is -0.945. The summed E-state index contributed by atoms with van der Waals surface area (Å²) >= 11 is 0. The van der Waals surface area contributed by atoms with Crippen LogP contribution in [0.25, 0.3) is 0 Å². The number of amides is 2. The molecule has 2 heterocycles. The van der Waals surface area contributed by atoms with Crippen LogP contribution in [0.4, 0.5) is 4.79 Å². The van der Waals surface area contributed by atoms with Gasteiger partial charge in [0.2, 0.25) is 0 Å². The second-order valence-electron chi connectivity index (χ2n) is 6.24. The number of aliphatic carboxylic acids is 1. The maximum absolute atomic E-state index is 12.6. The van der Waals surface area contributed by atoms with Crippen molar-refractivity contribution in [3.63, 3.8) is 0 Å². The molecule has 1 aliphatic heterocycles. The first-order valence-electron chi connectivity index (χ1n) is 7.10. The molecule has 1 aromatic rings. The van der Waals surface area contributed by atoms with Gasteiger partial charge in [-0.25, -0.2) is 9.59 Å². The zero-order chi connectivity index (χ0) is 15.6. The predicted octanol–water partition coefficient (Wildman–Crippen LogP) is 2.41. The molecule has 0 bridgehead atoms. The summed E-state index contributed by atoms with van der Waals surface area (Å²) in [5.74, 6) is -0.270. The number of hydrogen-bond acceptors (Lipinski definition) is 3. The summed E-state index contributed by atoms with van der Waals surface area (Å²) in [6.45, 7) is 4.60. The van der Waals surface area contributed by atoms with E-state index in [1.54, 1.807) is 25.4 Å². The van der Waals surface area contributed by atoms with Crippen LogP contribution in [-0.2, 0) is 11.3 Å². The maximum atomic E-state index is 12.6. The molecular weight excluding hydrogens is 272 g/mol. The van der Waals surface area contributed by atoms with Crippen molar-refractivity contribution < 1.29 is 19.1 Å². The molecule has 2 amide bonds. The molecule has 6 nitrogen and oxygen atoms in total. The fourth-order valence-electron chi connectivity index (χ4n) is 2.99. The van der Waals surface area contributed by atoms with E-state index in [1.807, 2.05) is 13.8 Å². The van der Waals surface area contributed by atoms with Gasteiger partial charge in [0.25, 0.3) is 0 Å². The third-order valence-electron chi connectivity index (χ3n) is 4.05. The van der Waals surface area contributed by atoms with Crippen LogP contribution < -0.4 is 0 Å². The molecule has 1 aliphatic rings. The number of nitrogens with zero attached hydrogens (tertiary/aromatic N) is 2. The molecule has 1 atom stereocenters. The van der Waals surface area contributed by atoms with E-state index >= 15 is 0 Å². The molecule has 0 aliphatic carbocycles. The van der Waals surface area contributed by atoms with Crippen LogP contribution in [0.5, 0.6) is 0 Å². The van der Waals surface area contributed by atoms with Gasteiger partial charge in [-0.15, -0.1) is 0 Å². The van der Waals surface area contributed by atoms with Gasteiger partial charge in [-0.3, -0.25) is 0 Å². The molecule has 0 aromatic carbocycles. The Morgan fingerprint density at radius 1 is 1.52 bits per heavy atom.